The summed E-state index contributed by atoms with van der Waals surface area (Å²) >= 11 is 5.99. The summed E-state index contributed by atoms with van der Waals surface area (Å²) in [5.41, 5.74) is 0.852. The van der Waals surface area contributed by atoms with Crippen molar-refractivity contribution in [3.8, 4) is 5.75 Å². The lowest BCUT2D eigenvalue weighted by atomic mass is 10.1. The zero-order chi connectivity index (χ0) is 18.2. The van der Waals surface area contributed by atoms with Crippen molar-refractivity contribution in [2.45, 2.75) is 26.3 Å². The number of para-hydroxylation sites is 2. The van der Waals surface area contributed by atoms with E-state index in [2.05, 4.69) is 10.6 Å². The summed E-state index contributed by atoms with van der Waals surface area (Å²) in [7, 11) is 0. The number of ether oxygens (including phenoxy) is 1. The van der Waals surface area contributed by atoms with E-state index in [0.29, 0.717) is 22.0 Å². The molecular weight excluding hydrogens is 340 g/mol. The van der Waals surface area contributed by atoms with E-state index in [1.807, 2.05) is 13.8 Å². The highest BCUT2D eigenvalue weighted by Crippen LogP contribution is 2.23. The molecule has 0 aliphatic heterocycles. The smallest absolute Gasteiger partial charge is 0.262 e. The quantitative estimate of drug-likeness (QED) is 0.787. The Bertz CT molecular complexity index is 749. The second-order valence-corrected chi connectivity index (χ2v) is 6.00. The molecule has 1 atom stereocenters. The topological polar surface area (TPSA) is 67.4 Å². The number of benzene rings is 2. The highest BCUT2D eigenvalue weighted by Gasteiger charge is 2.15. The molecule has 0 aliphatic carbocycles. The molecule has 2 N–H and O–H groups in total. The summed E-state index contributed by atoms with van der Waals surface area (Å²) in [4.78, 5) is 24.5. The molecule has 0 saturated heterocycles. The summed E-state index contributed by atoms with van der Waals surface area (Å²) in [5.74, 6) is -0.164. The van der Waals surface area contributed by atoms with Gasteiger partial charge in [-0.15, -0.1) is 0 Å². The zero-order valence-electron chi connectivity index (χ0n) is 14.2. The van der Waals surface area contributed by atoms with Gasteiger partial charge in [0.2, 0.25) is 0 Å². The minimum atomic E-state index is -0.372. The first-order valence-corrected chi connectivity index (χ1v) is 8.46. The van der Waals surface area contributed by atoms with Gasteiger partial charge in [-0.2, -0.15) is 0 Å². The van der Waals surface area contributed by atoms with Gasteiger partial charge in [0.05, 0.1) is 16.3 Å². The van der Waals surface area contributed by atoms with Crippen LogP contribution in [0, 0.1) is 0 Å². The molecule has 0 bridgehead atoms. The van der Waals surface area contributed by atoms with Crippen LogP contribution in [-0.4, -0.2) is 24.5 Å². The van der Waals surface area contributed by atoms with Crippen molar-refractivity contribution in [2.75, 3.05) is 11.9 Å². The standard InChI is InChI=1S/C19H21ClN2O3/c1-3-13(2)21-19(24)14-8-4-6-10-16(14)22-18(23)12-25-17-11-7-5-9-15(17)20/h4-11,13H,3,12H2,1-2H3,(H,21,24)(H,22,23)/t13-/m1/s1. The maximum Gasteiger partial charge on any atom is 0.262 e. The molecule has 132 valence electrons. The van der Waals surface area contributed by atoms with E-state index >= 15 is 0 Å². The first-order chi connectivity index (χ1) is 12.0. The number of carbonyl (C=O) groups excluding carboxylic acids is 2. The highest BCUT2D eigenvalue weighted by molar-refractivity contribution is 6.32. The van der Waals surface area contributed by atoms with Gasteiger partial charge < -0.3 is 15.4 Å². The number of rotatable bonds is 7. The fourth-order valence-corrected chi connectivity index (χ4v) is 2.28. The molecule has 0 aromatic heterocycles. The van der Waals surface area contributed by atoms with Crippen molar-refractivity contribution >= 4 is 29.1 Å². The monoisotopic (exact) mass is 360 g/mol. The van der Waals surface area contributed by atoms with Gasteiger partial charge in [-0.3, -0.25) is 9.59 Å². The average molecular weight is 361 g/mol. The van der Waals surface area contributed by atoms with Gasteiger partial charge >= 0.3 is 0 Å². The van der Waals surface area contributed by atoms with Crippen LogP contribution in [0.5, 0.6) is 5.75 Å². The summed E-state index contributed by atoms with van der Waals surface area (Å²) in [6.07, 6.45) is 0.825. The van der Waals surface area contributed by atoms with E-state index in [-0.39, 0.29) is 24.5 Å². The molecule has 0 fully saturated rings. The number of hydrogen-bond donors (Lipinski definition) is 2. The van der Waals surface area contributed by atoms with Crippen LogP contribution < -0.4 is 15.4 Å². The molecule has 0 spiro atoms. The average Bonchev–Trinajstić information content (AvgIpc) is 2.61. The largest absolute Gasteiger partial charge is 0.482 e. The zero-order valence-corrected chi connectivity index (χ0v) is 15.0. The van der Waals surface area contributed by atoms with Crippen LogP contribution in [0.1, 0.15) is 30.6 Å². The van der Waals surface area contributed by atoms with E-state index in [4.69, 9.17) is 16.3 Å². The second kappa shape index (κ2) is 9.08. The van der Waals surface area contributed by atoms with Crippen molar-refractivity contribution in [1.29, 1.82) is 0 Å². The van der Waals surface area contributed by atoms with E-state index in [0.717, 1.165) is 6.42 Å². The van der Waals surface area contributed by atoms with Gasteiger partial charge in [0.15, 0.2) is 6.61 Å². The van der Waals surface area contributed by atoms with Crippen molar-refractivity contribution in [3.05, 3.63) is 59.1 Å². The Morgan fingerprint density at radius 3 is 2.52 bits per heavy atom. The normalized spacial score (nSPS) is 11.5. The molecule has 6 heteroatoms. The van der Waals surface area contributed by atoms with E-state index in [1.54, 1.807) is 48.5 Å². The van der Waals surface area contributed by atoms with Gasteiger partial charge in [0.1, 0.15) is 5.75 Å². The Morgan fingerprint density at radius 1 is 1.12 bits per heavy atom. The third kappa shape index (κ3) is 5.50. The molecule has 0 saturated carbocycles. The van der Waals surface area contributed by atoms with E-state index in [1.165, 1.54) is 0 Å². The van der Waals surface area contributed by atoms with Crippen molar-refractivity contribution in [3.63, 3.8) is 0 Å². The minimum Gasteiger partial charge on any atom is -0.482 e. The Hall–Kier alpha value is -2.53. The van der Waals surface area contributed by atoms with Crippen molar-refractivity contribution in [1.82, 2.24) is 5.32 Å². The first-order valence-electron chi connectivity index (χ1n) is 8.08. The van der Waals surface area contributed by atoms with Gasteiger partial charge in [0.25, 0.3) is 11.8 Å². The maximum absolute atomic E-state index is 12.3. The Morgan fingerprint density at radius 2 is 1.80 bits per heavy atom. The number of hydrogen-bond acceptors (Lipinski definition) is 3. The summed E-state index contributed by atoms with van der Waals surface area (Å²) in [6, 6.07) is 13.8. The molecule has 2 aromatic rings. The van der Waals surface area contributed by atoms with E-state index in [9.17, 15) is 9.59 Å². The summed E-state index contributed by atoms with van der Waals surface area (Å²) in [5, 5.41) is 6.02. The minimum absolute atomic E-state index is 0.0554. The Kier molecular flexibility index (Phi) is 6.83. The van der Waals surface area contributed by atoms with Crippen molar-refractivity contribution in [2.24, 2.45) is 0 Å². The number of carbonyl (C=O) groups is 2. The molecule has 2 aromatic carbocycles. The molecule has 0 unspecified atom stereocenters. The predicted octanol–water partition coefficient (Wildman–Crippen LogP) is 3.89. The number of halogens is 1. The molecule has 5 nitrogen and oxygen atoms in total. The van der Waals surface area contributed by atoms with Crippen LogP contribution in [0.3, 0.4) is 0 Å². The molecule has 0 aliphatic rings. The molecular formula is C19H21ClN2O3. The summed E-state index contributed by atoms with van der Waals surface area (Å²) < 4.78 is 5.41. The Balaban J connectivity index is 2.01. The van der Waals surface area contributed by atoms with Gasteiger partial charge in [-0.1, -0.05) is 42.8 Å². The third-order valence-corrected chi connectivity index (χ3v) is 3.94. The molecule has 0 radical (unpaired) electrons. The van der Waals surface area contributed by atoms with Crippen molar-refractivity contribution < 1.29 is 14.3 Å². The molecule has 2 amide bonds. The fourth-order valence-electron chi connectivity index (χ4n) is 2.09. The lowest BCUT2D eigenvalue weighted by Gasteiger charge is -2.15. The third-order valence-electron chi connectivity index (χ3n) is 3.63. The van der Waals surface area contributed by atoms with Crippen LogP contribution in [0.15, 0.2) is 48.5 Å². The van der Waals surface area contributed by atoms with Crippen LogP contribution in [0.25, 0.3) is 0 Å². The second-order valence-electron chi connectivity index (χ2n) is 5.60. The highest BCUT2D eigenvalue weighted by atomic mass is 35.5. The Labute approximate surface area is 152 Å². The number of amides is 2. The van der Waals surface area contributed by atoms with Crippen LogP contribution in [-0.2, 0) is 4.79 Å². The number of nitrogens with one attached hydrogen (secondary N) is 2. The van der Waals surface area contributed by atoms with Crippen LogP contribution >= 0.6 is 11.6 Å². The lowest BCUT2D eigenvalue weighted by molar-refractivity contribution is -0.118. The fraction of sp³-hybridized carbons (Fsp3) is 0.263. The van der Waals surface area contributed by atoms with Gasteiger partial charge in [-0.05, 0) is 37.6 Å². The molecule has 25 heavy (non-hydrogen) atoms. The van der Waals surface area contributed by atoms with Crippen LogP contribution in [0.4, 0.5) is 5.69 Å². The maximum atomic E-state index is 12.3. The predicted molar refractivity (Wildman–Crippen MR) is 99.2 cm³/mol. The number of anilines is 1. The lowest BCUT2D eigenvalue weighted by Crippen LogP contribution is -2.33. The summed E-state index contributed by atoms with van der Waals surface area (Å²) in [6.45, 7) is 3.71. The van der Waals surface area contributed by atoms with Gasteiger partial charge in [0, 0.05) is 6.04 Å². The molecule has 0 heterocycles. The van der Waals surface area contributed by atoms with Gasteiger partial charge in [-0.25, -0.2) is 0 Å². The molecule has 2 rings (SSSR count). The first kappa shape index (κ1) is 18.8. The van der Waals surface area contributed by atoms with Crippen LogP contribution in [0.2, 0.25) is 5.02 Å². The van der Waals surface area contributed by atoms with E-state index < -0.39 is 0 Å². The SMILES string of the molecule is CC[C@@H](C)NC(=O)c1ccccc1NC(=O)COc1ccccc1Cl.